The van der Waals surface area contributed by atoms with Crippen molar-refractivity contribution in [3.8, 4) is 0 Å². The number of carbonyl (C=O) groups excluding carboxylic acids is 2. The van der Waals surface area contributed by atoms with E-state index in [1.807, 2.05) is 0 Å². The number of rotatable bonds is 10. The molecule has 0 heterocycles. The second-order valence-corrected chi connectivity index (χ2v) is 9.86. The van der Waals surface area contributed by atoms with Crippen molar-refractivity contribution in [2.75, 3.05) is 17.9 Å². The number of nitrogens with one attached hydrogen (secondary N) is 1. The van der Waals surface area contributed by atoms with Gasteiger partial charge >= 0.3 is 0 Å². The first-order chi connectivity index (χ1) is 17.6. The van der Waals surface area contributed by atoms with Gasteiger partial charge in [-0.2, -0.15) is 0 Å². The highest BCUT2D eigenvalue weighted by atomic mass is 32.2. The summed E-state index contributed by atoms with van der Waals surface area (Å²) in [6, 6.07) is 16.7. The maximum atomic E-state index is 14.4. The Morgan fingerprint density at radius 1 is 1.00 bits per heavy atom. The smallest absolute Gasteiger partial charge is 0.269 e. The molecule has 0 radical (unpaired) electrons. The second kappa shape index (κ2) is 11.6. The molecule has 1 atom stereocenters. The normalized spacial score (nSPS) is 11.9. The summed E-state index contributed by atoms with van der Waals surface area (Å²) in [7, 11) is -2.92. The summed E-state index contributed by atoms with van der Waals surface area (Å²) < 4.78 is 42.3. The number of hydrogen-bond acceptors (Lipinski definition) is 6. The molecule has 3 aromatic carbocycles. The van der Waals surface area contributed by atoms with Crippen LogP contribution in [-0.2, 0) is 26.2 Å². The van der Waals surface area contributed by atoms with Crippen LogP contribution in [0.4, 0.5) is 15.8 Å². The summed E-state index contributed by atoms with van der Waals surface area (Å²) in [5, 5.41) is 13.5. The predicted molar refractivity (Wildman–Crippen MR) is 135 cm³/mol. The minimum Gasteiger partial charge on any atom is -0.357 e. The Kier molecular flexibility index (Phi) is 8.56. The number of carbonyl (C=O) groups is 2. The number of anilines is 1. The topological polar surface area (TPSA) is 130 Å². The molecule has 2 amide bonds. The highest BCUT2D eigenvalue weighted by molar-refractivity contribution is 7.92. The zero-order valence-electron chi connectivity index (χ0n) is 20.1. The van der Waals surface area contributed by atoms with Crippen molar-refractivity contribution in [1.29, 1.82) is 0 Å². The van der Waals surface area contributed by atoms with Crippen molar-refractivity contribution in [2.45, 2.75) is 24.4 Å². The van der Waals surface area contributed by atoms with Gasteiger partial charge in [-0.15, -0.1) is 0 Å². The van der Waals surface area contributed by atoms with Crippen LogP contribution >= 0.6 is 0 Å². The molecule has 194 valence electrons. The maximum Gasteiger partial charge on any atom is 0.269 e. The first-order valence-corrected chi connectivity index (χ1v) is 12.6. The molecular weight excluding hydrogens is 503 g/mol. The first kappa shape index (κ1) is 27.3. The van der Waals surface area contributed by atoms with Gasteiger partial charge in [0.25, 0.3) is 15.7 Å². The van der Waals surface area contributed by atoms with Crippen LogP contribution in [0.5, 0.6) is 0 Å². The molecule has 0 aliphatic heterocycles. The Labute approximate surface area is 213 Å². The van der Waals surface area contributed by atoms with Crippen molar-refractivity contribution in [1.82, 2.24) is 10.2 Å². The second-order valence-electron chi connectivity index (χ2n) is 8.00. The van der Waals surface area contributed by atoms with Crippen molar-refractivity contribution in [3.05, 3.63) is 100 Å². The van der Waals surface area contributed by atoms with Crippen molar-refractivity contribution in [2.24, 2.45) is 0 Å². The number of benzene rings is 3. The summed E-state index contributed by atoms with van der Waals surface area (Å²) in [6.07, 6.45) is 0. The van der Waals surface area contributed by atoms with Crippen LogP contribution in [0.25, 0.3) is 0 Å². The summed E-state index contributed by atoms with van der Waals surface area (Å²) in [4.78, 5) is 37.4. The van der Waals surface area contributed by atoms with Gasteiger partial charge in [0.05, 0.1) is 15.5 Å². The highest BCUT2D eigenvalue weighted by Crippen LogP contribution is 2.26. The van der Waals surface area contributed by atoms with Gasteiger partial charge in [0.1, 0.15) is 18.4 Å². The van der Waals surface area contributed by atoms with E-state index in [-0.39, 0.29) is 28.4 Å². The third kappa shape index (κ3) is 6.28. The predicted octanol–water partition coefficient (Wildman–Crippen LogP) is 3.09. The largest absolute Gasteiger partial charge is 0.357 e. The molecule has 12 heteroatoms. The van der Waals surface area contributed by atoms with Crippen LogP contribution in [0.3, 0.4) is 0 Å². The number of non-ortho nitro benzene ring substituents is 1. The third-order valence-corrected chi connectivity index (χ3v) is 7.46. The van der Waals surface area contributed by atoms with Crippen LogP contribution in [0, 0.1) is 15.9 Å². The van der Waals surface area contributed by atoms with Crippen LogP contribution in [0.2, 0.25) is 0 Å². The molecule has 0 saturated carbocycles. The molecule has 3 aromatic rings. The molecule has 0 unspecified atom stereocenters. The SMILES string of the molecule is CNC(=O)[C@H](C)N(Cc1ccccc1F)C(=O)CN(c1ccc([N+](=O)[O-])cc1)S(=O)(=O)c1ccccc1. The van der Waals surface area contributed by atoms with Gasteiger partial charge < -0.3 is 10.2 Å². The molecule has 37 heavy (non-hydrogen) atoms. The lowest BCUT2D eigenvalue weighted by Gasteiger charge is -2.31. The van der Waals surface area contributed by atoms with Crippen LogP contribution < -0.4 is 9.62 Å². The lowest BCUT2D eigenvalue weighted by atomic mass is 10.1. The number of nitrogens with zero attached hydrogens (tertiary/aromatic N) is 3. The Hall–Kier alpha value is -4.32. The van der Waals surface area contributed by atoms with Gasteiger partial charge in [-0.05, 0) is 37.3 Å². The summed E-state index contributed by atoms with van der Waals surface area (Å²) in [6.45, 7) is 0.407. The number of likely N-dealkylation sites (N-methyl/N-ethyl adjacent to an activating group) is 1. The van der Waals surface area contributed by atoms with E-state index in [1.54, 1.807) is 12.1 Å². The Morgan fingerprint density at radius 2 is 1.59 bits per heavy atom. The molecule has 0 aromatic heterocycles. The Morgan fingerprint density at radius 3 is 2.16 bits per heavy atom. The maximum absolute atomic E-state index is 14.4. The van der Waals surface area contributed by atoms with Crippen molar-refractivity contribution in [3.63, 3.8) is 0 Å². The van der Waals surface area contributed by atoms with Crippen molar-refractivity contribution >= 4 is 33.2 Å². The molecule has 1 N–H and O–H groups in total. The minimum absolute atomic E-state index is 0.00115. The Balaban J connectivity index is 2.05. The fourth-order valence-electron chi connectivity index (χ4n) is 3.59. The molecule has 0 spiro atoms. The van der Waals surface area contributed by atoms with Gasteiger partial charge in [0, 0.05) is 31.3 Å². The molecule has 0 fully saturated rings. The zero-order valence-corrected chi connectivity index (χ0v) is 20.9. The van der Waals surface area contributed by atoms with E-state index in [9.17, 15) is 32.5 Å². The first-order valence-electron chi connectivity index (χ1n) is 11.1. The minimum atomic E-state index is -4.31. The molecule has 0 saturated heterocycles. The molecule has 0 bridgehead atoms. The molecular formula is C25H25FN4O6S. The lowest BCUT2D eigenvalue weighted by molar-refractivity contribution is -0.384. The van der Waals surface area contributed by atoms with Crippen LogP contribution in [0.15, 0.2) is 83.8 Å². The standard InChI is InChI=1S/C25H25FN4O6S/c1-18(25(32)27-2)28(16-19-8-6-7-11-23(19)26)24(31)17-29(20-12-14-21(15-13-20)30(33)34)37(35,36)22-9-4-3-5-10-22/h3-15,18H,16-17H2,1-2H3,(H,27,32)/t18-/m0/s1. The third-order valence-electron chi connectivity index (χ3n) is 5.67. The Bertz CT molecular complexity index is 1380. The van der Waals surface area contributed by atoms with Gasteiger partial charge in [-0.3, -0.25) is 24.0 Å². The van der Waals surface area contributed by atoms with E-state index in [0.29, 0.717) is 0 Å². The van der Waals surface area contributed by atoms with Gasteiger partial charge in [-0.1, -0.05) is 36.4 Å². The number of nitro groups is 1. The summed E-state index contributed by atoms with van der Waals surface area (Å²) in [5.74, 6) is -1.90. The van der Waals surface area contributed by atoms with E-state index >= 15 is 0 Å². The lowest BCUT2D eigenvalue weighted by Crippen LogP contribution is -2.50. The average molecular weight is 529 g/mol. The molecule has 0 aliphatic carbocycles. The number of halogens is 1. The van der Waals surface area contributed by atoms with E-state index in [2.05, 4.69) is 5.32 Å². The van der Waals surface area contributed by atoms with E-state index in [1.165, 1.54) is 68.6 Å². The van der Waals surface area contributed by atoms with Gasteiger partial charge in [0.2, 0.25) is 11.8 Å². The highest BCUT2D eigenvalue weighted by Gasteiger charge is 2.32. The van der Waals surface area contributed by atoms with Crippen LogP contribution in [0.1, 0.15) is 12.5 Å². The van der Waals surface area contributed by atoms with Gasteiger partial charge in [-0.25, -0.2) is 12.8 Å². The number of hydrogen-bond donors (Lipinski definition) is 1. The number of nitro benzene ring substituents is 1. The molecule has 10 nitrogen and oxygen atoms in total. The average Bonchev–Trinajstić information content (AvgIpc) is 2.90. The number of amides is 2. The van der Waals surface area contributed by atoms with E-state index < -0.39 is 45.2 Å². The van der Waals surface area contributed by atoms with E-state index in [0.717, 1.165) is 21.3 Å². The fourth-order valence-corrected chi connectivity index (χ4v) is 5.03. The summed E-state index contributed by atoms with van der Waals surface area (Å²) in [5.41, 5.74) is -0.123. The fraction of sp³-hybridized carbons (Fsp3) is 0.200. The summed E-state index contributed by atoms with van der Waals surface area (Å²) >= 11 is 0. The van der Waals surface area contributed by atoms with Crippen molar-refractivity contribution < 1.29 is 27.3 Å². The van der Waals surface area contributed by atoms with E-state index in [4.69, 9.17) is 0 Å². The molecule has 0 aliphatic rings. The molecule has 3 rings (SSSR count). The van der Waals surface area contributed by atoms with Crippen LogP contribution in [-0.4, -0.2) is 49.7 Å². The zero-order chi connectivity index (χ0) is 27.2. The monoisotopic (exact) mass is 528 g/mol. The van der Waals surface area contributed by atoms with Gasteiger partial charge in [0.15, 0.2) is 0 Å². The number of sulfonamides is 1. The quantitative estimate of drug-likeness (QED) is 0.318.